The number of aryl methyl sites for hydroxylation is 1. The smallest absolute Gasteiger partial charge is 0.131 e. The summed E-state index contributed by atoms with van der Waals surface area (Å²) in [5.74, 6) is 0. The summed E-state index contributed by atoms with van der Waals surface area (Å²) in [5, 5.41) is 4.11. The lowest BCUT2D eigenvalue weighted by molar-refractivity contribution is -0.256. The van der Waals surface area contributed by atoms with Crippen molar-refractivity contribution in [1.29, 1.82) is 0 Å². The molecule has 0 radical (unpaired) electrons. The second-order valence-corrected chi connectivity index (χ2v) is 7.33. The van der Waals surface area contributed by atoms with Gasteiger partial charge in [0.2, 0.25) is 0 Å². The van der Waals surface area contributed by atoms with Crippen molar-refractivity contribution in [3.8, 4) is 0 Å². The number of halogens is 1. The van der Waals surface area contributed by atoms with Crippen LogP contribution in [0.4, 0.5) is 11.4 Å². The Bertz CT molecular complexity index is 733. The van der Waals surface area contributed by atoms with Gasteiger partial charge in [0.25, 0.3) is 0 Å². The molecule has 0 aromatic heterocycles. The van der Waals surface area contributed by atoms with Gasteiger partial charge in [-0.15, -0.1) is 0 Å². The van der Waals surface area contributed by atoms with Gasteiger partial charge in [-0.25, -0.2) is 0 Å². The molecule has 2 nitrogen and oxygen atoms in total. The van der Waals surface area contributed by atoms with E-state index in [1.165, 1.54) is 22.4 Å². The zero-order valence-electron chi connectivity index (χ0n) is 17.1. The van der Waals surface area contributed by atoms with Crippen LogP contribution < -0.4 is 11.1 Å². The third-order valence-corrected chi connectivity index (χ3v) is 4.61. The lowest BCUT2D eigenvalue weighted by atomic mass is 9.80. The number of rotatable bonds is 6. The van der Waals surface area contributed by atoms with Crippen molar-refractivity contribution in [3.05, 3.63) is 64.2 Å². The van der Waals surface area contributed by atoms with Crippen LogP contribution in [0.5, 0.6) is 0 Å². The van der Waals surface area contributed by atoms with Gasteiger partial charge in [0.15, 0.2) is 0 Å². The van der Waals surface area contributed by atoms with Crippen molar-refractivity contribution in [2.75, 3.05) is 11.9 Å². The molecular weight excluding hydrogens is 340 g/mol. The molecule has 0 spiro atoms. The molecule has 26 heavy (non-hydrogen) atoms. The summed E-state index contributed by atoms with van der Waals surface area (Å²) in [6, 6.07) is 12.4. The third kappa shape index (κ3) is 6.19. The summed E-state index contributed by atoms with van der Waals surface area (Å²) in [6.07, 6.45) is 5.39. The highest BCUT2D eigenvalue weighted by Crippen LogP contribution is 2.33. The summed E-state index contributed by atoms with van der Waals surface area (Å²) >= 11 is 6.16. The highest BCUT2D eigenvalue weighted by Gasteiger charge is 2.23. The molecule has 142 valence electrons. The first-order valence-corrected chi connectivity index (χ1v) is 9.84. The van der Waals surface area contributed by atoms with E-state index >= 15 is 0 Å². The fourth-order valence-corrected chi connectivity index (χ4v) is 3.12. The minimum atomic E-state index is -0.00387. The van der Waals surface area contributed by atoms with Crippen LogP contribution in [0.1, 0.15) is 57.7 Å². The van der Waals surface area contributed by atoms with Crippen LogP contribution >= 0.6 is 11.6 Å². The zero-order valence-corrected chi connectivity index (χ0v) is 17.9. The highest BCUT2D eigenvalue weighted by molar-refractivity contribution is 6.30. The molecule has 2 aromatic rings. The van der Waals surface area contributed by atoms with E-state index in [-0.39, 0.29) is 5.41 Å². The number of benzene rings is 2. The minimum Gasteiger partial charge on any atom is -0.385 e. The highest BCUT2D eigenvalue weighted by atomic mass is 35.5. The molecular formula is C23H34ClN2+. The molecule has 0 fully saturated rings. The quantitative estimate of drug-likeness (QED) is 0.607. The van der Waals surface area contributed by atoms with E-state index in [1.807, 2.05) is 32.0 Å². The molecule has 4 N–H and O–H groups in total. The fraction of sp³-hybridized carbons (Fsp3) is 0.391. The van der Waals surface area contributed by atoms with Crippen molar-refractivity contribution in [1.82, 2.24) is 0 Å². The standard InChI is InChI=1S/C21H27ClN2.C2H6/c1-5-24-18-10-8-16(15(2)13-18)7-6-12-21(3,4)19-14-17(22)9-11-20(19)23;1-2/h6-11,13-14,24H,5,12,23H2,1-4H3;1-2H3/p+1/b7-6+;. The normalized spacial score (nSPS) is 11.2. The van der Waals surface area contributed by atoms with E-state index in [1.54, 1.807) is 0 Å². The summed E-state index contributed by atoms with van der Waals surface area (Å²) in [4.78, 5) is 0. The summed E-state index contributed by atoms with van der Waals surface area (Å²) < 4.78 is 0. The number of nitrogens with one attached hydrogen (secondary N) is 1. The van der Waals surface area contributed by atoms with Gasteiger partial charge in [-0.1, -0.05) is 57.5 Å². The maximum absolute atomic E-state index is 6.16. The van der Waals surface area contributed by atoms with Gasteiger partial charge >= 0.3 is 0 Å². The molecule has 0 aliphatic rings. The van der Waals surface area contributed by atoms with Gasteiger partial charge < -0.3 is 11.1 Å². The van der Waals surface area contributed by atoms with Gasteiger partial charge in [0.1, 0.15) is 5.69 Å². The topological polar surface area (TPSA) is 39.7 Å². The maximum atomic E-state index is 6.16. The fourth-order valence-electron chi connectivity index (χ4n) is 2.95. The summed E-state index contributed by atoms with van der Waals surface area (Å²) in [6.45, 7) is 13.7. The van der Waals surface area contributed by atoms with Gasteiger partial charge in [-0.3, -0.25) is 0 Å². The zero-order chi connectivity index (χ0) is 19.7. The van der Waals surface area contributed by atoms with E-state index in [0.29, 0.717) is 0 Å². The Balaban J connectivity index is 0.00000163. The minimum absolute atomic E-state index is 0.00387. The summed E-state index contributed by atoms with van der Waals surface area (Å²) in [7, 11) is 0. The van der Waals surface area contributed by atoms with Crippen molar-refractivity contribution in [2.24, 2.45) is 0 Å². The first-order valence-electron chi connectivity index (χ1n) is 9.46. The van der Waals surface area contributed by atoms with E-state index in [9.17, 15) is 0 Å². The van der Waals surface area contributed by atoms with Crippen LogP contribution in [-0.4, -0.2) is 6.54 Å². The predicted octanol–water partition coefficient (Wildman–Crippen LogP) is 6.36. The molecule has 0 heterocycles. The van der Waals surface area contributed by atoms with Crippen LogP contribution in [0.15, 0.2) is 42.5 Å². The molecule has 2 aromatic carbocycles. The van der Waals surface area contributed by atoms with Crippen LogP contribution in [0, 0.1) is 6.92 Å². The molecule has 3 heteroatoms. The van der Waals surface area contributed by atoms with Crippen molar-refractivity contribution in [3.63, 3.8) is 0 Å². The summed E-state index contributed by atoms with van der Waals surface area (Å²) in [5.41, 5.74) is 10.1. The second kappa shape index (κ2) is 10.4. The third-order valence-electron chi connectivity index (χ3n) is 4.38. The molecule has 0 saturated heterocycles. The molecule has 0 atom stereocenters. The Hall–Kier alpha value is -1.77. The Kier molecular flexibility index (Phi) is 8.91. The van der Waals surface area contributed by atoms with Gasteiger partial charge in [-0.05, 0) is 61.1 Å². The first-order chi connectivity index (χ1) is 12.3. The van der Waals surface area contributed by atoms with E-state index < -0.39 is 0 Å². The predicted molar refractivity (Wildman–Crippen MR) is 117 cm³/mol. The molecule has 0 aliphatic carbocycles. The lowest BCUT2D eigenvalue weighted by Crippen LogP contribution is -2.43. The Morgan fingerprint density at radius 2 is 1.81 bits per heavy atom. The van der Waals surface area contributed by atoms with Crippen molar-refractivity contribution in [2.45, 2.75) is 53.4 Å². The number of quaternary nitrogens is 1. The van der Waals surface area contributed by atoms with Crippen LogP contribution in [0.3, 0.4) is 0 Å². The number of allylic oxidation sites excluding steroid dienone is 1. The second-order valence-electron chi connectivity index (χ2n) is 6.89. The monoisotopic (exact) mass is 373 g/mol. The van der Waals surface area contributed by atoms with Crippen LogP contribution in [0.2, 0.25) is 5.02 Å². The molecule has 0 saturated carbocycles. The van der Waals surface area contributed by atoms with Crippen LogP contribution in [0.25, 0.3) is 6.08 Å². The van der Waals surface area contributed by atoms with Gasteiger partial charge in [0.05, 0.1) is 0 Å². The Morgan fingerprint density at radius 3 is 2.42 bits per heavy atom. The largest absolute Gasteiger partial charge is 0.385 e. The maximum Gasteiger partial charge on any atom is 0.131 e. The first kappa shape index (κ1) is 22.3. The van der Waals surface area contributed by atoms with Crippen molar-refractivity contribution < 1.29 is 5.73 Å². The molecule has 0 unspecified atom stereocenters. The molecule has 0 aliphatic heterocycles. The van der Waals surface area contributed by atoms with Crippen molar-refractivity contribution >= 4 is 29.1 Å². The van der Waals surface area contributed by atoms with E-state index in [0.717, 1.165) is 23.7 Å². The van der Waals surface area contributed by atoms with E-state index in [4.69, 9.17) is 11.6 Å². The Morgan fingerprint density at radius 1 is 1.12 bits per heavy atom. The van der Waals surface area contributed by atoms with Gasteiger partial charge in [-0.2, -0.15) is 0 Å². The van der Waals surface area contributed by atoms with Crippen LogP contribution in [-0.2, 0) is 5.41 Å². The van der Waals surface area contributed by atoms with E-state index in [2.05, 4.69) is 69.1 Å². The number of anilines is 1. The van der Waals surface area contributed by atoms with Gasteiger partial charge in [0, 0.05) is 28.9 Å². The number of hydrogen-bond acceptors (Lipinski definition) is 1. The lowest BCUT2D eigenvalue weighted by Gasteiger charge is -2.24. The molecule has 0 amide bonds. The molecule has 0 bridgehead atoms. The SMILES string of the molecule is CC.CCNc1ccc(/C=C/CC(C)(C)c2cc(Cl)ccc2[NH3+])c(C)c1. The molecule has 2 rings (SSSR count). The average molecular weight is 374 g/mol. The number of hydrogen-bond donors (Lipinski definition) is 2. The average Bonchev–Trinajstić information content (AvgIpc) is 2.61. The Labute approximate surface area is 164 Å².